The van der Waals surface area contributed by atoms with Crippen LogP contribution in [0.4, 0.5) is 5.69 Å². The first-order valence-corrected chi connectivity index (χ1v) is 19.3. The van der Waals surface area contributed by atoms with Crippen molar-refractivity contribution < 1.29 is 23.1 Å². The summed E-state index contributed by atoms with van der Waals surface area (Å²) in [6.45, 7) is 4.95. The molecule has 0 aliphatic carbocycles. The molecule has 1 fully saturated rings. The third-order valence-corrected chi connectivity index (χ3v) is 10.7. The van der Waals surface area contributed by atoms with Crippen LogP contribution in [0.5, 0.6) is 0 Å². The molecule has 0 unspecified atom stereocenters. The Hall–Kier alpha value is -4.55. The Labute approximate surface area is 301 Å². The summed E-state index contributed by atoms with van der Waals surface area (Å²) in [6, 6.07) is 33.1. The fourth-order valence-corrected chi connectivity index (χ4v) is 6.81. The highest BCUT2D eigenvalue weighted by Crippen LogP contribution is 2.23. The zero-order chi connectivity index (χ0) is 36.4. The lowest BCUT2D eigenvalue weighted by atomic mass is 9.99. The molecule has 51 heavy (non-hydrogen) atoms. The molecule has 1 saturated heterocycles. The standard InChI is InChI=1S/C40H49N5O5S/c1-29(32-17-11-6-12-18-32)42-39(47)33-24-34(26-36(25-33)44(2)51(3,49)50)40(48)43-37(23-30-13-7-4-8-14-30)38(46)27-41-35-19-21-45(22-20-35)28-31-15-9-5-10-16-31/h4-18,24-26,29,35,37-38,41,46H,19-23,27-28H2,1-3H3,(H,42,47)(H,43,48)/t29-,37+,38-/m1/s1. The summed E-state index contributed by atoms with van der Waals surface area (Å²) in [5.41, 5.74) is 3.54. The average molecular weight is 712 g/mol. The second kappa shape index (κ2) is 17.6. The number of carbonyl (C=O) groups excluding carboxylic acids is 2. The molecule has 0 aromatic heterocycles. The van der Waals surface area contributed by atoms with Crippen molar-refractivity contribution in [3.05, 3.63) is 137 Å². The fraction of sp³-hybridized carbons (Fsp3) is 0.350. The highest BCUT2D eigenvalue weighted by atomic mass is 32.2. The second-order valence-electron chi connectivity index (χ2n) is 13.4. The maximum Gasteiger partial charge on any atom is 0.251 e. The van der Waals surface area contributed by atoms with E-state index < -0.39 is 34.0 Å². The van der Waals surface area contributed by atoms with Crippen molar-refractivity contribution >= 4 is 27.5 Å². The third-order valence-electron chi connectivity index (χ3n) is 9.48. The SMILES string of the molecule is C[C@@H](NC(=O)c1cc(C(=O)N[C@@H](Cc2ccccc2)[C@H](O)CNC2CCN(Cc3ccccc3)CC2)cc(N(C)S(C)(=O)=O)c1)c1ccccc1. The molecule has 270 valence electrons. The highest BCUT2D eigenvalue weighted by Gasteiger charge is 2.27. The summed E-state index contributed by atoms with van der Waals surface area (Å²) in [7, 11) is -2.33. The number of likely N-dealkylation sites (tertiary alicyclic amines) is 1. The van der Waals surface area contributed by atoms with Crippen molar-refractivity contribution in [2.24, 2.45) is 0 Å². The molecule has 1 aliphatic heterocycles. The number of aliphatic hydroxyl groups is 1. The number of amides is 2. The number of hydrogen-bond donors (Lipinski definition) is 4. The first-order valence-electron chi connectivity index (χ1n) is 17.4. The molecule has 0 spiro atoms. The molecule has 0 saturated carbocycles. The number of nitrogens with one attached hydrogen (secondary N) is 3. The van der Waals surface area contributed by atoms with Gasteiger partial charge in [0.25, 0.3) is 11.8 Å². The molecule has 1 aliphatic rings. The van der Waals surface area contributed by atoms with Crippen LogP contribution in [0.1, 0.15) is 63.2 Å². The zero-order valence-electron chi connectivity index (χ0n) is 29.5. The van der Waals surface area contributed by atoms with Crippen molar-refractivity contribution in [2.45, 2.75) is 57.0 Å². The van der Waals surface area contributed by atoms with E-state index >= 15 is 0 Å². The third kappa shape index (κ3) is 11.0. The summed E-state index contributed by atoms with van der Waals surface area (Å²) in [6.07, 6.45) is 2.40. The lowest BCUT2D eigenvalue weighted by Gasteiger charge is -2.33. The summed E-state index contributed by atoms with van der Waals surface area (Å²) in [5.74, 6) is -0.984. The van der Waals surface area contributed by atoms with Crippen LogP contribution in [0.3, 0.4) is 0 Å². The zero-order valence-corrected chi connectivity index (χ0v) is 30.4. The smallest absolute Gasteiger partial charge is 0.251 e. The van der Waals surface area contributed by atoms with Gasteiger partial charge in [0.1, 0.15) is 0 Å². The molecule has 3 atom stereocenters. The molecule has 4 aromatic carbocycles. The van der Waals surface area contributed by atoms with Crippen molar-refractivity contribution in [3.63, 3.8) is 0 Å². The highest BCUT2D eigenvalue weighted by molar-refractivity contribution is 7.92. The Balaban J connectivity index is 1.30. The van der Waals surface area contributed by atoms with Gasteiger partial charge in [0, 0.05) is 37.3 Å². The molecular weight excluding hydrogens is 663 g/mol. The molecular formula is C40H49N5O5S. The first kappa shape index (κ1) is 37.7. The van der Waals surface area contributed by atoms with E-state index in [2.05, 4.69) is 45.1 Å². The van der Waals surface area contributed by atoms with E-state index in [4.69, 9.17) is 0 Å². The topological polar surface area (TPSA) is 131 Å². The number of hydrogen-bond acceptors (Lipinski definition) is 7. The Morgan fingerprint density at radius 2 is 1.35 bits per heavy atom. The maximum absolute atomic E-state index is 13.9. The normalized spacial score (nSPS) is 15.8. The average Bonchev–Trinajstić information content (AvgIpc) is 3.14. The van der Waals surface area contributed by atoms with Gasteiger partial charge < -0.3 is 21.1 Å². The van der Waals surface area contributed by atoms with Crippen LogP contribution in [0.25, 0.3) is 0 Å². The van der Waals surface area contributed by atoms with Gasteiger partial charge in [0.2, 0.25) is 10.0 Å². The van der Waals surface area contributed by atoms with Crippen molar-refractivity contribution in [1.82, 2.24) is 20.9 Å². The molecule has 4 aromatic rings. The number of piperidine rings is 1. The first-order chi connectivity index (χ1) is 24.5. The van der Waals surface area contributed by atoms with Gasteiger partial charge in [-0.1, -0.05) is 91.0 Å². The van der Waals surface area contributed by atoms with Crippen molar-refractivity contribution in [1.29, 1.82) is 0 Å². The predicted octanol–water partition coefficient (Wildman–Crippen LogP) is 4.53. The number of aliphatic hydroxyl groups excluding tert-OH is 1. The quantitative estimate of drug-likeness (QED) is 0.143. The van der Waals surface area contributed by atoms with Gasteiger partial charge in [0.15, 0.2) is 0 Å². The molecule has 0 radical (unpaired) electrons. The number of nitrogens with zero attached hydrogens (tertiary/aromatic N) is 2. The van der Waals surface area contributed by atoms with Gasteiger partial charge in [-0.3, -0.25) is 18.8 Å². The van der Waals surface area contributed by atoms with Gasteiger partial charge in [-0.15, -0.1) is 0 Å². The molecule has 4 N–H and O–H groups in total. The molecule has 5 rings (SSSR count). The number of carbonyl (C=O) groups is 2. The van der Waals surface area contributed by atoms with E-state index in [0.717, 1.165) is 54.2 Å². The molecule has 1 heterocycles. The maximum atomic E-state index is 13.9. The fourth-order valence-electron chi connectivity index (χ4n) is 6.32. The lowest BCUT2D eigenvalue weighted by Crippen LogP contribution is -2.51. The molecule has 0 bridgehead atoms. The van der Waals surface area contributed by atoms with Crippen LogP contribution >= 0.6 is 0 Å². The van der Waals surface area contributed by atoms with Crippen molar-refractivity contribution in [3.8, 4) is 0 Å². The second-order valence-corrected chi connectivity index (χ2v) is 15.4. The van der Waals surface area contributed by atoms with Gasteiger partial charge in [-0.05, 0) is 74.2 Å². The lowest BCUT2D eigenvalue weighted by molar-refractivity contribution is 0.0813. The minimum Gasteiger partial charge on any atom is -0.390 e. The number of rotatable bonds is 15. The van der Waals surface area contributed by atoms with Gasteiger partial charge in [0.05, 0.1) is 30.1 Å². The van der Waals surface area contributed by atoms with E-state index in [1.165, 1.54) is 30.8 Å². The molecule has 11 heteroatoms. The predicted molar refractivity (Wildman–Crippen MR) is 202 cm³/mol. The Bertz CT molecular complexity index is 1840. The summed E-state index contributed by atoms with van der Waals surface area (Å²) >= 11 is 0. The summed E-state index contributed by atoms with van der Waals surface area (Å²) in [4.78, 5) is 29.9. The largest absolute Gasteiger partial charge is 0.390 e. The van der Waals surface area contributed by atoms with E-state index in [0.29, 0.717) is 6.42 Å². The van der Waals surface area contributed by atoms with Crippen LogP contribution in [0, 0.1) is 0 Å². The monoisotopic (exact) mass is 711 g/mol. The molecule has 2 amide bonds. The molecule has 10 nitrogen and oxygen atoms in total. The van der Waals surface area contributed by atoms with Crippen LogP contribution < -0.4 is 20.3 Å². The summed E-state index contributed by atoms with van der Waals surface area (Å²) in [5, 5.41) is 21.0. The Morgan fingerprint density at radius 3 is 1.92 bits per heavy atom. The van der Waals surface area contributed by atoms with Crippen LogP contribution in [-0.2, 0) is 23.0 Å². The van der Waals surface area contributed by atoms with Gasteiger partial charge >= 0.3 is 0 Å². The Kier molecular flexibility index (Phi) is 13.0. The summed E-state index contributed by atoms with van der Waals surface area (Å²) < 4.78 is 26.1. The minimum absolute atomic E-state index is 0.101. The van der Waals surface area contributed by atoms with Gasteiger partial charge in [-0.2, -0.15) is 0 Å². The van der Waals surface area contributed by atoms with E-state index in [9.17, 15) is 23.1 Å². The number of anilines is 1. The van der Waals surface area contributed by atoms with Crippen LogP contribution in [0.2, 0.25) is 0 Å². The van der Waals surface area contributed by atoms with E-state index in [-0.39, 0.29) is 35.4 Å². The van der Waals surface area contributed by atoms with Crippen LogP contribution in [-0.4, -0.2) is 81.4 Å². The van der Waals surface area contributed by atoms with Crippen LogP contribution in [0.15, 0.2) is 109 Å². The van der Waals surface area contributed by atoms with Gasteiger partial charge in [-0.25, -0.2) is 8.42 Å². The van der Waals surface area contributed by atoms with E-state index in [1.54, 1.807) is 0 Å². The number of sulfonamides is 1. The minimum atomic E-state index is -3.70. The number of benzene rings is 4. The van der Waals surface area contributed by atoms with Crippen molar-refractivity contribution in [2.75, 3.05) is 37.2 Å². The van der Waals surface area contributed by atoms with E-state index in [1.807, 2.05) is 73.7 Å². The Morgan fingerprint density at radius 1 is 0.824 bits per heavy atom.